The normalized spacial score (nSPS) is 10.8. The standard InChI is InChI=1S/C17H19NO2/c1-13-12-15(9-10-17(13)19)20-11-5-4-7-14-6-2-3-8-16(14)18/h2-4,6-10,12,19H,5,11,18H2,1H3/b7-4-. The molecular weight excluding hydrogens is 250 g/mol. The smallest absolute Gasteiger partial charge is 0.119 e. The first kappa shape index (κ1) is 14.0. The van der Waals surface area contributed by atoms with Crippen LogP contribution < -0.4 is 10.5 Å². The molecule has 0 aliphatic heterocycles. The van der Waals surface area contributed by atoms with Crippen LogP contribution >= 0.6 is 0 Å². The summed E-state index contributed by atoms with van der Waals surface area (Å²) in [6, 6.07) is 13.0. The number of anilines is 1. The van der Waals surface area contributed by atoms with E-state index in [9.17, 15) is 5.11 Å². The van der Waals surface area contributed by atoms with E-state index < -0.39 is 0 Å². The molecule has 0 atom stereocenters. The van der Waals surface area contributed by atoms with Gasteiger partial charge in [0.15, 0.2) is 0 Å². The van der Waals surface area contributed by atoms with Crippen LogP contribution in [0.3, 0.4) is 0 Å². The number of nitrogen functional groups attached to an aromatic ring is 1. The summed E-state index contributed by atoms with van der Waals surface area (Å²) in [5.41, 5.74) is 8.46. The highest BCUT2D eigenvalue weighted by Crippen LogP contribution is 2.21. The molecule has 3 heteroatoms. The number of hydrogen-bond donors (Lipinski definition) is 2. The van der Waals surface area contributed by atoms with Gasteiger partial charge in [-0.1, -0.05) is 30.4 Å². The first-order chi connectivity index (χ1) is 9.66. The lowest BCUT2D eigenvalue weighted by molar-refractivity contribution is 0.324. The third-order valence-corrected chi connectivity index (χ3v) is 3.01. The second-order valence-corrected chi connectivity index (χ2v) is 4.62. The van der Waals surface area contributed by atoms with E-state index in [-0.39, 0.29) is 5.75 Å². The van der Waals surface area contributed by atoms with Gasteiger partial charge < -0.3 is 15.6 Å². The number of phenolic OH excluding ortho intramolecular Hbond substituents is 1. The zero-order valence-corrected chi connectivity index (χ0v) is 11.5. The molecule has 3 nitrogen and oxygen atoms in total. The quantitative estimate of drug-likeness (QED) is 0.641. The Kier molecular flexibility index (Phi) is 4.66. The van der Waals surface area contributed by atoms with Crippen LogP contribution in [0.1, 0.15) is 17.5 Å². The lowest BCUT2D eigenvalue weighted by Gasteiger charge is -2.06. The van der Waals surface area contributed by atoms with Crippen LogP contribution in [0.25, 0.3) is 6.08 Å². The summed E-state index contributed by atoms with van der Waals surface area (Å²) in [6.45, 7) is 2.44. The number of nitrogens with two attached hydrogens (primary N) is 1. The Morgan fingerprint density at radius 2 is 2.00 bits per heavy atom. The molecule has 0 saturated heterocycles. The number of phenols is 1. The van der Waals surface area contributed by atoms with Crippen LogP contribution in [0, 0.1) is 6.92 Å². The summed E-state index contributed by atoms with van der Waals surface area (Å²) in [7, 11) is 0. The molecule has 0 aromatic heterocycles. The van der Waals surface area contributed by atoms with Crippen LogP contribution in [0.4, 0.5) is 5.69 Å². The van der Waals surface area contributed by atoms with Gasteiger partial charge in [-0.05, 0) is 48.7 Å². The number of benzene rings is 2. The first-order valence-corrected chi connectivity index (χ1v) is 6.60. The summed E-state index contributed by atoms with van der Waals surface area (Å²) in [5, 5.41) is 9.43. The monoisotopic (exact) mass is 269 g/mol. The van der Waals surface area contributed by atoms with Gasteiger partial charge in [-0.25, -0.2) is 0 Å². The summed E-state index contributed by atoms with van der Waals surface area (Å²) < 4.78 is 5.62. The molecule has 0 aliphatic rings. The average Bonchev–Trinajstić information content (AvgIpc) is 2.44. The Morgan fingerprint density at radius 1 is 1.20 bits per heavy atom. The number of rotatable bonds is 5. The highest BCUT2D eigenvalue weighted by molar-refractivity contribution is 5.63. The van der Waals surface area contributed by atoms with E-state index >= 15 is 0 Å². The molecule has 3 N–H and O–H groups in total. The van der Waals surface area contributed by atoms with Gasteiger partial charge in [0, 0.05) is 5.69 Å². The molecule has 2 rings (SSSR count). The molecule has 2 aromatic carbocycles. The van der Waals surface area contributed by atoms with Crippen LogP contribution in [0.5, 0.6) is 11.5 Å². The maximum absolute atomic E-state index is 9.43. The molecule has 2 aromatic rings. The summed E-state index contributed by atoms with van der Waals surface area (Å²) in [5.74, 6) is 1.06. The first-order valence-electron chi connectivity index (χ1n) is 6.60. The second-order valence-electron chi connectivity index (χ2n) is 4.62. The third kappa shape index (κ3) is 3.79. The van der Waals surface area contributed by atoms with Gasteiger partial charge >= 0.3 is 0 Å². The maximum atomic E-state index is 9.43. The van der Waals surface area contributed by atoms with Crippen molar-refractivity contribution in [3.8, 4) is 11.5 Å². The molecule has 0 heterocycles. The zero-order valence-electron chi connectivity index (χ0n) is 11.5. The van der Waals surface area contributed by atoms with Gasteiger partial charge in [-0.2, -0.15) is 0 Å². The van der Waals surface area contributed by atoms with E-state index in [1.807, 2.05) is 49.4 Å². The highest BCUT2D eigenvalue weighted by Gasteiger charge is 1.98. The zero-order chi connectivity index (χ0) is 14.4. The molecule has 0 bridgehead atoms. The van der Waals surface area contributed by atoms with Crippen molar-refractivity contribution in [3.63, 3.8) is 0 Å². The number of aryl methyl sites for hydroxylation is 1. The minimum absolute atomic E-state index is 0.289. The molecule has 0 radical (unpaired) electrons. The Balaban J connectivity index is 1.82. The molecule has 0 saturated carbocycles. The minimum Gasteiger partial charge on any atom is -0.508 e. The van der Waals surface area contributed by atoms with E-state index in [0.717, 1.165) is 29.0 Å². The van der Waals surface area contributed by atoms with E-state index in [4.69, 9.17) is 10.5 Å². The van der Waals surface area contributed by atoms with Crippen molar-refractivity contribution < 1.29 is 9.84 Å². The molecule has 0 spiro atoms. The Bertz CT molecular complexity index is 606. The molecule has 0 fully saturated rings. The fourth-order valence-corrected chi connectivity index (χ4v) is 1.84. The molecule has 0 unspecified atom stereocenters. The van der Waals surface area contributed by atoms with E-state index in [0.29, 0.717) is 6.61 Å². The molecule has 104 valence electrons. The van der Waals surface area contributed by atoms with Crippen LogP contribution in [0.15, 0.2) is 48.5 Å². The fraction of sp³-hybridized carbons (Fsp3) is 0.176. The maximum Gasteiger partial charge on any atom is 0.119 e. The van der Waals surface area contributed by atoms with E-state index in [2.05, 4.69) is 0 Å². The van der Waals surface area contributed by atoms with Crippen molar-refractivity contribution in [2.45, 2.75) is 13.3 Å². The van der Waals surface area contributed by atoms with Crippen molar-refractivity contribution in [3.05, 3.63) is 59.7 Å². The van der Waals surface area contributed by atoms with Gasteiger partial charge in [0.25, 0.3) is 0 Å². The van der Waals surface area contributed by atoms with Gasteiger partial charge in [0.05, 0.1) is 6.61 Å². The van der Waals surface area contributed by atoms with Crippen LogP contribution in [0.2, 0.25) is 0 Å². The Hall–Kier alpha value is -2.42. The van der Waals surface area contributed by atoms with Gasteiger partial charge in [0.1, 0.15) is 11.5 Å². The fourth-order valence-electron chi connectivity index (χ4n) is 1.84. The van der Waals surface area contributed by atoms with Crippen molar-refractivity contribution >= 4 is 11.8 Å². The van der Waals surface area contributed by atoms with E-state index in [1.165, 1.54) is 0 Å². The number of aromatic hydroxyl groups is 1. The second kappa shape index (κ2) is 6.66. The number of ether oxygens (including phenoxy) is 1. The SMILES string of the molecule is Cc1cc(OCC/C=C\c2ccccc2N)ccc1O. The number of para-hydroxylation sites is 1. The lowest BCUT2D eigenvalue weighted by atomic mass is 10.1. The largest absolute Gasteiger partial charge is 0.508 e. The highest BCUT2D eigenvalue weighted by atomic mass is 16.5. The molecule has 20 heavy (non-hydrogen) atoms. The Morgan fingerprint density at radius 3 is 2.75 bits per heavy atom. The van der Waals surface area contributed by atoms with Crippen molar-refractivity contribution in [1.82, 2.24) is 0 Å². The van der Waals surface area contributed by atoms with E-state index in [1.54, 1.807) is 12.1 Å². The van der Waals surface area contributed by atoms with Gasteiger partial charge in [-0.15, -0.1) is 0 Å². The third-order valence-electron chi connectivity index (χ3n) is 3.01. The minimum atomic E-state index is 0.289. The van der Waals surface area contributed by atoms with Gasteiger partial charge in [0.2, 0.25) is 0 Å². The van der Waals surface area contributed by atoms with Crippen molar-refractivity contribution in [2.24, 2.45) is 0 Å². The lowest BCUT2D eigenvalue weighted by Crippen LogP contribution is -1.95. The topological polar surface area (TPSA) is 55.5 Å². The predicted molar refractivity (Wildman–Crippen MR) is 82.8 cm³/mol. The molecular formula is C17H19NO2. The summed E-state index contributed by atoms with van der Waals surface area (Å²) in [4.78, 5) is 0. The van der Waals surface area contributed by atoms with Crippen LogP contribution in [-0.2, 0) is 0 Å². The van der Waals surface area contributed by atoms with Crippen molar-refractivity contribution in [2.75, 3.05) is 12.3 Å². The molecule has 0 amide bonds. The van der Waals surface area contributed by atoms with Crippen molar-refractivity contribution in [1.29, 1.82) is 0 Å². The summed E-state index contributed by atoms with van der Waals surface area (Å²) in [6.07, 6.45) is 4.84. The number of hydrogen-bond acceptors (Lipinski definition) is 3. The predicted octanol–water partition coefficient (Wildman–Crippen LogP) is 3.77. The summed E-state index contributed by atoms with van der Waals surface area (Å²) >= 11 is 0. The average molecular weight is 269 g/mol. The van der Waals surface area contributed by atoms with Crippen LogP contribution in [-0.4, -0.2) is 11.7 Å². The Labute approximate surface area is 119 Å². The molecule has 0 aliphatic carbocycles. The van der Waals surface area contributed by atoms with Gasteiger partial charge in [-0.3, -0.25) is 0 Å².